The maximum Gasteiger partial charge on any atom is 0.345 e. The van der Waals surface area contributed by atoms with Crippen molar-refractivity contribution in [2.75, 3.05) is 37.7 Å². The van der Waals surface area contributed by atoms with Gasteiger partial charge in [0.2, 0.25) is 5.91 Å². The predicted octanol–water partition coefficient (Wildman–Crippen LogP) is 1.83. The highest BCUT2D eigenvalue weighted by molar-refractivity contribution is 5.97. The Kier molecular flexibility index (Phi) is 4.87. The van der Waals surface area contributed by atoms with Crippen molar-refractivity contribution in [3.05, 3.63) is 33.9 Å². The highest BCUT2D eigenvalue weighted by Crippen LogP contribution is 2.34. The molecule has 2 fully saturated rings. The quantitative estimate of drug-likeness (QED) is 0.458. The Labute approximate surface area is 145 Å². The summed E-state index contributed by atoms with van der Waals surface area (Å²) in [6.45, 7) is 3.90. The number of piperazine rings is 1. The second kappa shape index (κ2) is 7.08. The molecule has 2 aliphatic rings. The number of carbonyl (C=O) groups is 2. The van der Waals surface area contributed by atoms with Crippen LogP contribution in [0.2, 0.25) is 0 Å². The number of nitro groups is 1. The molecule has 25 heavy (non-hydrogen) atoms. The van der Waals surface area contributed by atoms with Crippen LogP contribution in [0.25, 0.3) is 0 Å². The summed E-state index contributed by atoms with van der Waals surface area (Å²) in [5.41, 5.74) is 0.123. The summed E-state index contributed by atoms with van der Waals surface area (Å²) >= 11 is 0. The second-order valence-electron chi connectivity index (χ2n) is 6.24. The van der Waals surface area contributed by atoms with E-state index in [0.717, 1.165) is 12.8 Å². The van der Waals surface area contributed by atoms with E-state index in [-0.39, 0.29) is 29.7 Å². The molecule has 1 saturated carbocycles. The monoisotopic (exact) mass is 347 g/mol. The van der Waals surface area contributed by atoms with E-state index in [2.05, 4.69) is 0 Å². The first-order valence-electron chi connectivity index (χ1n) is 8.51. The fraction of sp³-hybridized carbons (Fsp3) is 0.529. The SMILES string of the molecule is CCOC(=O)c1cccc(N2CCN(C(=O)C3CC3)CC2)c1[N+](=O)[O-]. The number of para-hydroxylation sites is 1. The lowest BCUT2D eigenvalue weighted by atomic mass is 10.1. The molecule has 1 aliphatic carbocycles. The molecule has 8 heteroatoms. The average Bonchev–Trinajstić information content (AvgIpc) is 3.46. The molecular formula is C17H21N3O5. The van der Waals surface area contributed by atoms with Crippen molar-refractivity contribution in [1.29, 1.82) is 0 Å². The van der Waals surface area contributed by atoms with Crippen LogP contribution in [0.1, 0.15) is 30.1 Å². The average molecular weight is 347 g/mol. The van der Waals surface area contributed by atoms with Crippen molar-refractivity contribution in [2.24, 2.45) is 5.92 Å². The zero-order valence-electron chi connectivity index (χ0n) is 14.1. The first-order valence-corrected chi connectivity index (χ1v) is 8.51. The van der Waals surface area contributed by atoms with Crippen molar-refractivity contribution in [1.82, 2.24) is 4.90 Å². The number of carbonyl (C=O) groups excluding carboxylic acids is 2. The number of nitro benzene ring substituents is 1. The van der Waals surface area contributed by atoms with E-state index in [9.17, 15) is 19.7 Å². The van der Waals surface area contributed by atoms with Gasteiger partial charge >= 0.3 is 11.7 Å². The second-order valence-corrected chi connectivity index (χ2v) is 6.24. The van der Waals surface area contributed by atoms with Gasteiger partial charge in [-0.25, -0.2) is 4.79 Å². The van der Waals surface area contributed by atoms with Crippen LogP contribution in [0, 0.1) is 16.0 Å². The first kappa shape index (κ1) is 17.2. The number of nitrogens with zero attached hydrogens (tertiary/aromatic N) is 3. The number of rotatable bonds is 5. The lowest BCUT2D eigenvalue weighted by Crippen LogP contribution is -2.49. The van der Waals surface area contributed by atoms with Gasteiger partial charge in [-0.15, -0.1) is 0 Å². The minimum absolute atomic E-state index is 0.0409. The Morgan fingerprint density at radius 2 is 1.92 bits per heavy atom. The van der Waals surface area contributed by atoms with Crippen LogP contribution in [0.5, 0.6) is 0 Å². The highest BCUT2D eigenvalue weighted by Gasteiger charge is 2.36. The van der Waals surface area contributed by atoms with Crippen LogP contribution in [0.15, 0.2) is 18.2 Å². The van der Waals surface area contributed by atoms with E-state index in [1.165, 1.54) is 6.07 Å². The summed E-state index contributed by atoms with van der Waals surface area (Å²) in [6, 6.07) is 4.67. The third-order valence-corrected chi connectivity index (χ3v) is 4.55. The molecule has 1 aromatic rings. The molecule has 8 nitrogen and oxygen atoms in total. The van der Waals surface area contributed by atoms with Gasteiger partial charge in [0.15, 0.2) is 0 Å². The van der Waals surface area contributed by atoms with Gasteiger partial charge in [-0.1, -0.05) is 6.07 Å². The number of hydrogen-bond donors (Lipinski definition) is 0. The molecule has 0 radical (unpaired) electrons. The minimum Gasteiger partial charge on any atom is -0.462 e. The van der Waals surface area contributed by atoms with Crippen LogP contribution >= 0.6 is 0 Å². The van der Waals surface area contributed by atoms with E-state index in [0.29, 0.717) is 31.9 Å². The highest BCUT2D eigenvalue weighted by atomic mass is 16.6. The molecule has 0 bridgehead atoms. The largest absolute Gasteiger partial charge is 0.462 e. The summed E-state index contributed by atoms with van der Waals surface area (Å²) in [5, 5.41) is 11.6. The molecule has 0 aromatic heterocycles. The van der Waals surface area contributed by atoms with Gasteiger partial charge in [0, 0.05) is 32.1 Å². The fourth-order valence-corrected chi connectivity index (χ4v) is 3.11. The standard InChI is InChI=1S/C17H21N3O5/c1-2-25-17(22)13-4-3-5-14(15(13)20(23)24)18-8-10-19(11-9-18)16(21)12-6-7-12/h3-5,12H,2,6-11H2,1H3. The summed E-state index contributed by atoms with van der Waals surface area (Å²) in [5.74, 6) is -0.332. The lowest BCUT2D eigenvalue weighted by Gasteiger charge is -2.36. The van der Waals surface area contributed by atoms with Gasteiger partial charge in [-0.2, -0.15) is 0 Å². The minimum atomic E-state index is -0.696. The van der Waals surface area contributed by atoms with Gasteiger partial charge in [-0.05, 0) is 31.9 Å². The zero-order valence-corrected chi connectivity index (χ0v) is 14.1. The molecule has 1 heterocycles. The van der Waals surface area contributed by atoms with E-state index in [1.807, 2.05) is 9.80 Å². The van der Waals surface area contributed by atoms with Gasteiger partial charge < -0.3 is 14.5 Å². The maximum atomic E-state index is 12.1. The molecule has 0 atom stereocenters. The van der Waals surface area contributed by atoms with Crippen LogP contribution in [-0.4, -0.2) is 54.5 Å². The fourth-order valence-electron chi connectivity index (χ4n) is 3.11. The molecule has 3 rings (SSSR count). The predicted molar refractivity (Wildman–Crippen MR) is 90.6 cm³/mol. The third kappa shape index (κ3) is 3.57. The van der Waals surface area contributed by atoms with Crippen LogP contribution in [0.3, 0.4) is 0 Å². The van der Waals surface area contributed by atoms with Crippen molar-refractivity contribution < 1.29 is 19.2 Å². The van der Waals surface area contributed by atoms with Crippen molar-refractivity contribution in [3.63, 3.8) is 0 Å². The summed E-state index contributed by atoms with van der Waals surface area (Å²) in [7, 11) is 0. The van der Waals surface area contributed by atoms with Gasteiger partial charge in [-0.3, -0.25) is 14.9 Å². The van der Waals surface area contributed by atoms with E-state index in [4.69, 9.17) is 4.74 Å². The Morgan fingerprint density at radius 1 is 1.24 bits per heavy atom. The molecule has 0 unspecified atom stereocenters. The lowest BCUT2D eigenvalue weighted by molar-refractivity contribution is -0.384. The third-order valence-electron chi connectivity index (χ3n) is 4.55. The Morgan fingerprint density at radius 3 is 2.48 bits per heavy atom. The number of anilines is 1. The molecule has 134 valence electrons. The van der Waals surface area contributed by atoms with Crippen LogP contribution in [0.4, 0.5) is 11.4 Å². The number of esters is 1. The molecule has 0 spiro atoms. The topological polar surface area (TPSA) is 93.0 Å². The van der Waals surface area contributed by atoms with Crippen molar-refractivity contribution >= 4 is 23.3 Å². The summed E-state index contributed by atoms with van der Waals surface area (Å²) in [6.07, 6.45) is 1.93. The van der Waals surface area contributed by atoms with Crippen LogP contribution in [-0.2, 0) is 9.53 Å². The summed E-state index contributed by atoms with van der Waals surface area (Å²) < 4.78 is 4.93. The van der Waals surface area contributed by atoms with Crippen molar-refractivity contribution in [3.8, 4) is 0 Å². The Bertz CT molecular complexity index is 694. The molecule has 1 aromatic carbocycles. The number of hydrogen-bond acceptors (Lipinski definition) is 6. The molecule has 1 saturated heterocycles. The molecule has 1 amide bonds. The number of amides is 1. The number of ether oxygens (including phenoxy) is 1. The Hall–Kier alpha value is -2.64. The van der Waals surface area contributed by atoms with E-state index < -0.39 is 10.9 Å². The summed E-state index contributed by atoms with van der Waals surface area (Å²) in [4.78, 5) is 38.9. The molecule has 0 N–H and O–H groups in total. The number of benzene rings is 1. The van der Waals surface area contributed by atoms with E-state index >= 15 is 0 Å². The smallest absolute Gasteiger partial charge is 0.345 e. The van der Waals surface area contributed by atoms with Crippen LogP contribution < -0.4 is 4.90 Å². The Balaban J connectivity index is 1.80. The van der Waals surface area contributed by atoms with E-state index in [1.54, 1.807) is 19.1 Å². The normalized spacial score (nSPS) is 17.3. The van der Waals surface area contributed by atoms with Gasteiger partial charge in [0.25, 0.3) is 0 Å². The maximum absolute atomic E-state index is 12.1. The van der Waals surface area contributed by atoms with Gasteiger partial charge in [0.1, 0.15) is 11.3 Å². The zero-order chi connectivity index (χ0) is 18.0. The molecular weight excluding hydrogens is 326 g/mol. The van der Waals surface area contributed by atoms with Gasteiger partial charge in [0.05, 0.1) is 11.5 Å². The first-order chi connectivity index (χ1) is 12.0. The van der Waals surface area contributed by atoms with Crippen molar-refractivity contribution in [2.45, 2.75) is 19.8 Å². The molecule has 1 aliphatic heterocycles.